The molecule has 5 rings (SSSR count). The molecule has 1 spiro atoms. The number of likely N-dealkylation sites (tertiary alicyclic amines) is 1. The lowest BCUT2D eigenvalue weighted by atomic mass is 9.77. The number of piperidine rings is 1. The van der Waals surface area contributed by atoms with Crippen molar-refractivity contribution >= 4 is 5.91 Å². The van der Waals surface area contributed by atoms with Gasteiger partial charge in [0.2, 0.25) is 0 Å². The lowest BCUT2D eigenvalue weighted by molar-refractivity contribution is 0.0631. The summed E-state index contributed by atoms with van der Waals surface area (Å²) in [5.74, 6) is 0.609. The van der Waals surface area contributed by atoms with Gasteiger partial charge in [-0.3, -0.25) is 14.9 Å². The predicted octanol–water partition coefficient (Wildman–Crippen LogP) is 2.69. The average molecular weight is 374 g/mol. The molecule has 0 bridgehead atoms. The van der Waals surface area contributed by atoms with Crippen molar-refractivity contribution in [3.63, 3.8) is 0 Å². The van der Waals surface area contributed by atoms with Crippen LogP contribution in [0.4, 0.5) is 0 Å². The second-order valence-electron chi connectivity index (χ2n) is 7.82. The molecule has 1 atom stereocenters. The standard InChI is InChI=1S/C21H22N6O/c1-14-17(12-23-19(25-14)16-4-2-8-22-10-16)20(28)27-9-3-6-21(13-27)7-5-15-11-24-26-18(15)21/h2,4,8,10-12H,3,5-7,9,13H2,1H3,(H,24,26). The molecule has 0 radical (unpaired) electrons. The molecule has 1 aliphatic carbocycles. The van der Waals surface area contributed by atoms with Crippen molar-refractivity contribution in [3.05, 3.63) is 59.4 Å². The third-order valence-electron chi connectivity index (χ3n) is 6.11. The number of carbonyl (C=O) groups is 1. The minimum Gasteiger partial charge on any atom is -0.338 e. The maximum atomic E-state index is 13.3. The molecule has 28 heavy (non-hydrogen) atoms. The highest BCUT2D eigenvalue weighted by atomic mass is 16.2. The fraction of sp³-hybridized carbons (Fsp3) is 0.381. The van der Waals surface area contributed by atoms with Gasteiger partial charge in [0.1, 0.15) is 0 Å². The predicted molar refractivity (Wildman–Crippen MR) is 104 cm³/mol. The number of rotatable bonds is 2. The van der Waals surface area contributed by atoms with Crippen LogP contribution in [0.25, 0.3) is 11.4 Å². The zero-order valence-corrected chi connectivity index (χ0v) is 15.9. The van der Waals surface area contributed by atoms with Crippen LogP contribution < -0.4 is 0 Å². The van der Waals surface area contributed by atoms with Gasteiger partial charge >= 0.3 is 0 Å². The second kappa shape index (κ2) is 6.51. The van der Waals surface area contributed by atoms with Crippen LogP contribution in [0.15, 0.2) is 36.9 Å². The average Bonchev–Trinajstić information content (AvgIpc) is 3.33. The minimum atomic E-state index is 0.0160. The van der Waals surface area contributed by atoms with Gasteiger partial charge in [-0.2, -0.15) is 5.10 Å². The van der Waals surface area contributed by atoms with Crippen LogP contribution in [0.2, 0.25) is 0 Å². The van der Waals surface area contributed by atoms with Gasteiger partial charge < -0.3 is 4.90 Å². The molecule has 7 nitrogen and oxygen atoms in total. The molecule has 1 fully saturated rings. The number of aromatic nitrogens is 5. The smallest absolute Gasteiger partial charge is 0.257 e. The van der Waals surface area contributed by atoms with Gasteiger partial charge in [0, 0.05) is 48.4 Å². The highest BCUT2D eigenvalue weighted by molar-refractivity contribution is 5.95. The number of pyridine rings is 1. The zero-order chi connectivity index (χ0) is 19.1. The molecule has 4 heterocycles. The van der Waals surface area contributed by atoms with Crippen molar-refractivity contribution < 1.29 is 4.79 Å². The monoisotopic (exact) mass is 374 g/mol. The Hall–Kier alpha value is -3.09. The van der Waals surface area contributed by atoms with E-state index in [0.717, 1.165) is 44.3 Å². The summed E-state index contributed by atoms with van der Waals surface area (Å²) in [5.41, 5.74) is 4.67. The van der Waals surface area contributed by atoms with Crippen molar-refractivity contribution in [2.75, 3.05) is 13.1 Å². The SMILES string of the molecule is Cc1nc(-c2cccnc2)ncc1C(=O)N1CCCC2(CCc3cn[nH]c32)C1. The molecule has 1 saturated heterocycles. The molecule has 7 heteroatoms. The van der Waals surface area contributed by atoms with Crippen molar-refractivity contribution in [3.8, 4) is 11.4 Å². The maximum absolute atomic E-state index is 13.3. The third kappa shape index (κ3) is 2.69. The summed E-state index contributed by atoms with van der Waals surface area (Å²) in [4.78, 5) is 28.3. The number of fused-ring (bicyclic) bond motifs is 2. The lowest BCUT2D eigenvalue weighted by Gasteiger charge is -2.40. The lowest BCUT2D eigenvalue weighted by Crippen LogP contribution is -2.48. The Kier molecular flexibility index (Phi) is 3.96. The van der Waals surface area contributed by atoms with Crippen LogP contribution in [0.5, 0.6) is 0 Å². The first-order chi connectivity index (χ1) is 13.7. The molecule has 0 aromatic carbocycles. The molecule has 0 saturated carbocycles. The van der Waals surface area contributed by atoms with Crippen LogP contribution in [0, 0.1) is 6.92 Å². The molecule has 1 amide bonds. The van der Waals surface area contributed by atoms with E-state index in [1.165, 1.54) is 11.3 Å². The van der Waals surface area contributed by atoms with E-state index >= 15 is 0 Å². The van der Waals surface area contributed by atoms with Crippen LogP contribution >= 0.6 is 0 Å². The number of amides is 1. The Morgan fingerprint density at radius 2 is 2.18 bits per heavy atom. The molecule has 1 aliphatic heterocycles. The van der Waals surface area contributed by atoms with E-state index in [-0.39, 0.29) is 11.3 Å². The highest BCUT2D eigenvalue weighted by Crippen LogP contribution is 2.44. The van der Waals surface area contributed by atoms with E-state index in [1.54, 1.807) is 18.6 Å². The highest BCUT2D eigenvalue weighted by Gasteiger charge is 2.44. The van der Waals surface area contributed by atoms with Gasteiger partial charge in [-0.15, -0.1) is 0 Å². The first-order valence-electron chi connectivity index (χ1n) is 9.72. The molecular weight excluding hydrogens is 352 g/mol. The molecular formula is C21H22N6O. The summed E-state index contributed by atoms with van der Waals surface area (Å²) in [6.45, 7) is 3.37. The number of aromatic amines is 1. The van der Waals surface area contributed by atoms with E-state index in [9.17, 15) is 4.79 Å². The van der Waals surface area contributed by atoms with Crippen molar-refractivity contribution in [1.29, 1.82) is 0 Å². The number of H-pyrrole nitrogens is 1. The number of aryl methyl sites for hydroxylation is 2. The van der Waals surface area contributed by atoms with Crippen molar-refractivity contribution in [2.24, 2.45) is 0 Å². The van der Waals surface area contributed by atoms with Crippen LogP contribution in [-0.4, -0.2) is 49.0 Å². The summed E-state index contributed by atoms with van der Waals surface area (Å²) in [7, 11) is 0. The third-order valence-corrected chi connectivity index (χ3v) is 6.11. The summed E-state index contributed by atoms with van der Waals surface area (Å²) >= 11 is 0. The van der Waals surface area contributed by atoms with E-state index in [0.29, 0.717) is 17.1 Å². The molecule has 1 N–H and O–H groups in total. The minimum absolute atomic E-state index is 0.0160. The Labute approximate surface area is 163 Å². The first kappa shape index (κ1) is 17.0. The Bertz CT molecular complexity index is 1030. The first-order valence-corrected chi connectivity index (χ1v) is 9.72. The van der Waals surface area contributed by atoms with E-state index in [1.807, 2.05) is 30.2 Å². The van der Waals surface area contributed by atoms with E-state index < -0.39 is 0 Å². The molecule has 142 valence electrons. The quantitative estimate of drug-likeness (QED) is 0.745. The van der Waals surface area contributed by atoms with Crippen LogP contribution in [0.3, 0.4) is 0 Å². The van der Waals surface area contributed by atoms with Gasteiger partial charge in [0.15, 0.2) is 5.82 Å². The second-order valence-corrected chi connectivity index (χ2v) is 7.82. The summed E-state index contributed by atoms with van der Waals surface area (Å²) in [6, 6.07) is 3.77. The van der Waals surface area contributed by atoms with E-state index in [2.05, 4.69) is 25.1 Å². The summed E-state index contributed by atoms with van der Waals surface area (Å²) < 4.78 is 0. The Morgan fingerprint density at radius 1 is 1.25 bits per heavy atom. The maximum Gasteiger partial charge on any atom is 0.257 e. The largest absolute Gasteiger partial charge is 0.338 e. The topological polar surface area (TPSA) is 87.7 Å². The Balaban J connectivity index is 1.41. The fourth-order valence-electron chi connectivity index (χ4n) is 4.65. The molecule has 2 aliphatic rings. The summed E-state index contributed by atoms with van der Waals surface area (Å²) in [6.07, 6.45) is 11.2. The number of nitrogens with one attached hydrogen (secondary N) is 1. The zero-order valence-electron chi connectivity index (χ0n) is 15.9. The van der Waals surface area contributed by atoms with Gasteiger partial charge in [0.05, 0.1) is 17.5 Å². The molecule has 3 aromatic rings. The molecule has 3 aromatic heterocycles. The van der Waals surface area contributed by atoms with Crippen molar-refractivity contribution in [2.45, 2.75) is 38.0 Å². The van der Waals surface area contributed by atoms with Gasteiger partial charge in [0.25, 0.3) is 5.91 Å². The normalized spacial score (nSPS) is 21.1. The fourth-order valence-corrected chi connectivity index (χ4v) is 4.65. The van der Waals surface area contributed by atoms with Crippen LogP contribution in [0.1, 0.15) is 46.6 Å². The molecule has 1 unspecified atom stereocenters. The van der Waals surface area contributed by atoms with Gasteiger partial charge in [-0.05, 0) is 50.3 Å². The number of hydrogen-bond acceptors (Lipinski definition) is 5. The van der Waals surface area contributed by atoms with Gasteiger partial charge in [-0.1, -0.05) is 0 Å². The van der Waals surface area contributed by atoms with Crippen LogP contribution in [-0.2, 0) is 11.8 Å². The Morgan fingerprint density at radius 3 is 3.00 bits per heavy atom. The van der Waals surface area contributed by atoms with E-state index in [4.69, 9.17) is 0 Å². The number of nitrogens with zero attached hydrogens (tertiary/aromatic N) is 5. The number of carbonyl (C=O) groups excluding carboxylic acids is 1. The van der Waals surface area contributed by atoms with Crippen molar-refractivity contribution in [1.82, 2.24) is 30.0 Å². The van der Waals surface area contributed by atoms with Gasteiger partial charge in [-0.25, -0.2) is 9.97 Å². The summed E-state index contributed by atoms with van der Waals surface area (Å²) in [5, 5.41) is 7.42. The number of hydrogen-bond donors (Lipinski definition) is 1.